The normalized spacial score (nSPS) is 11.6. The molecule has 3 aromatic carbocycles. The Morgan fingerprint density at radius 2 is 0.808 bits per heavy atom. The van der Waals surface area contributed by atoms with Gasteiger partial charge < -0.3 is 0 Å². The van der Waals surface area contributed by atoms with Gasteiger partial charge in [-0.2, -0.15) is 0 Å². The molecule has 0 atom stereocenters. The number of hydrogen-bond acceptors (Lipinski definition) is 0. The molecule has 0 nitrogen and oxygen atoms in total. The molecular weight excluding hydrogens is 312 g/mol. The topological polar surface area (TPSA) is 0 Å². The lowest BCUT2D eigenvalue weighted by Crippen LogP contribution is -2.01. The van der Waals surface area contributed by atoms with Crippen LogP contribution in [0.1, 0.15) is 72.9 Å². The molecule has 0 aliphatic rings. The Labute approximate surface area is 159 Å². The molecule has 26 heavy (non-hydrogen) atoms. The first-order valence-electron chi connectivity index (χ1n) is 10.4. The average molecular weight is 347 g/mol. The third-order valence-corrected chi connectivity index (χ3v) is 6.13. The van der Waals surface area contributed by atoms with Crippen molar-refractivity contribution in [3.05, 3.63) is 57.6 Å². The van der Waals surface area contributed by atoms with E-state index in [0.29, 0.717) is 0 Å². The van der Waals surface area contributed by atoms with Gasteiger partial charge in [0.05, 0.1) is 0 Å². The third kappa shape index (κ3) is 3.39. The van der Waals surface area contributed by atoms with Gasteiger partial charge in [-0.25, -0.2) is 0 Å². The predicted molar refractivity (Wildman–Crippen MR) is 118 cm³/mol. The van der Waals surface area contributed by atoms with Crippen molar-refractivity contribution in [1.29, 1.82) is 0 Å². The summed E-state index contributed by atoms with van der Waals surface area (Å²) in [5.41, 5.74) is 8.88. The van der Waals surface area contributed by atoms with Crippen LogP contribution in [-0.2, 0) is 12.8 Å². The zero-order chi connectivity index (χ0) is 18.8. The van der Waals surface area contributed by atoms with Crippen LogP contribution >= 0.6 is 0 Å². The van der Waals surface area contributed by atoms with Crippen molar-refractivity contribution in [1.82, 2.24) is 0 Å². The average Bonchev–Trinajstić information content (AvgIpc) is 2.61. The van der Waals surface area contributed by atoms with Crippen molar-refractivity contribution in [3.63, 3.8) is 0 Å². The number of hydrogen-bond donors (Lipinski definition) is 0. The van der Waals surface area contributed by atoms with Crippen molar-refractivity contribution in [2.24, 2.45) is 0 Å². The Morgan fingerprint density at radius 3 is 1.12 bits per heavy atom. The van der Waals surface area contributed by atoms with Gasteiger partial charge in [-0.05, 0) is 108 Å². The molecule has 0 aliphatic heterocycles. The molecule has 0 heterocycles. The van der Waals surface area contributed by atoms with Crippen LogP contribution in [-0.4, -0.2) is 0 Å². The van der Waals surface area contributed by atoms with Gasteiger partial charge in [0.2, 0.25) is 0 Å². The largest absolute Gasteiger partial charge is 0.0654 e. The van der Waals surface area contributed by atoms with Gasteiger partial charge >= 0.3 is 0 Å². The fraction of sp³-hybridized carbons (Fsp3) is 0.462. The molecule has 3 rings (SSSR count). The number of rotatable bonds is 6. The maximum absolute atomic E-state index is 2.46. The summed E-state index contributed by atoms with van der Waals surface area (Å²) >= 11 is 0. The van der Waals surface area contributed by atoms with Crippen LogP contribution < -0.4 is 0 Å². The molecule has 0 saturated heterocycles. The minimum absolute atomic E-state index is 1.21. The SMILES string of the molecule is CCCCc1c(CCCC)c2cc(C)c(C)cc2c2cc(C)c(C)cc12. The van der Waals surface area contributed by atoms with Crippen LogP contribution in [0.3, 0.4) is 0 Å². The number of fused-ring (bicyclic) bond motifs is 3. The van der Waals surface area contributed by atoms with Crippen LogP contribution in [0, 0.1) is 27.7 Å². The first-order chi connectivity index (χ1) is 12.5. The molecule has 3 aromatic rings. The Balaban J connectivity index is 2.46. The number of aryl methyl sites for hydroxylation is 6. The summed E-state index contributed by atoms with van der Waals surface area (Å²) < 4.78 is 0. The Kier molecular flexibility index (Phi) is 5.70. The van der Waals surface area contributed by atoms with Gasteiger partial charge in [-0.15, -0.1) is 0 Å². The van der Waals surface area contributed by atoms with Crippen molar-refractivity contribution >= 4 is 21.5 Å². The smallest absolute Gasteiger partial charge is 0.00995 e. The monoisotopic (exact) mass is 346 g/mol. The minimum Gasteiger partial charge on any atom is -0.0654 e. The van der Waals surface area contributed by atoms with Gasteiger partial charge in [0.25, 0.3) is 0 Å². The van der Waals surface area contributed by atoms with Crippen molar-refractivity contribution in [3.8, 4) is 0 Å². The van der Waals surface area contributed by atoms with Crippen LogP contribution in [0.15, 0.2) is 24.3 Å². The van der Waals surface area contributed by atoms with Gasteiger partial charge in [-0.3, -0.25) is 0 Å². The Bertz CT molecular complexity index is 865. The minimum atomic E-state index is 1.21. The van der Waals surface area contributed by atoms with E-state index in [1.165, 1.54) is 82.3 Å². The van der Waals surface area contributed by atoms with Crippen LogP contribution in [0.2, 0.25) is 0 Å². The highest BCUT2D eigenvalue weighted by Crippen LogP contribution is 2.37. The van der Waals surface area contributed by atoms with Crippen molar-refractivity contribution in [2.45, 2.75) is 80.1 Å². The van der Waals surface area contributed by atoms with E-state index in [9.17, 15) is 0 Å². The molecule has 0 radical (unpaired) electrons. The predicted octanol–water partition coefficient (Wildman–Crippen LogP) is 7.91. The zero-order valence-electron chi connectivity index (χ0n) is 17.6. The Hall–Kier alpha value is -1.82. The lowest BCUT2D eigenvalue weighted by Gasteiger charge is -2.20. The van der Waals surface area contributed by atoms with Crippen LogP contribution in [0.5, 0.6) is 0 Å². The summed E-state index contributed by atoms with van der Waals surface area (Å²) in [7, 11) is 0. The highest BCUT2D eigenvalue weighted by molar-refractivity contribution is 6.11. The van der Waals surface area contributed by atoms with E-state index in [-0.39, 0.29) is 0 Å². The van der Waals surface area contributed by atoms with Crippen molar-refractivity contribution < 1.29 is 0 Å². The molecule has 0 unspecified atom stereocenters. The standard InChI is InChI=1S/C26H34/c1-7-9-11-21-22(12-10-8-2)24-14-18(4)20(6)16-26(24)25-15-19(5)17(3)13-23(21)25/h13-16H,7-12H2,1-6H3. The molecule has 0 aromatic heterocycles. The molecule has 0 spiro atoms. The zero-order valence-corrected chi connectivity index (χ0v) is 17.6. The van der Waals surface area contributed by atoms with E-state index >= 15 is 0 Å². The maximum Gasteiger partial charge on any atom is -0.00995 e. The maximum atomic E-state index is 2.46. The summed E-state index contributed by atoms with van der Waals surface area (Å²) in [6.07, 6.45) is 7.47. The molecule has 0 heteroatoms. The molecule has 0 saturated carbocycles. The molecule has 0 N–H and O–H groups in total. The summed E-state index contributed by atoms with van der Waals surface area (Å²) in [6.45, 7) is 13.6. The van der Waals surface area contributed by atoms with Crippen LogP contribution in [0.4, 0.5) is 0 Å². The second-order valence-electron chi connectivity index (χ2n) is 8.13. The molecule has 0 bridgehead atoms. The molecular formula is C26H34. The summed E-state index contributed by atoms with van der Waals surface area (Å²) in [6, 6.07) is 9.78. The quantitative estimate of drug-likeness (QED) is 0.398. The fourth-order valence-electron chi connectivity index (χ4n) is 4.18. The van der Waals surface area contributed by atoms with Gasteiger partial charge in [0.1, 0.15) is 0 Å². The summed E-state index contributed by atoms with van der Waals surface area (Å²) in [5, 5.41) is 5.92. The third-order valence-electron chi connectivity index (χ3n) is 6.13. The van der Waals surface area contributed by atoms with Gasteiger partial charge in [-0.1, -0.05) is 51.0 Å². The molecule has 0 aliphatic carbocycles. The number of benzene rings is 3. The molecule has 138 valence electrons. The van der Waals surface area contributed by atoms with Gasteiger partial charge in [0, 0.05) is 0 Å². The van der Waals surface area contributed by atoms with E-state index in [0.717, 1.165) is 0 Å². The summed E-state index contributed by atoms with van der Waals surface area (Å²) in [4.78, 5) is 0. The number of unbranched alkanes of at least 4 members (excludes halogenated alkanes) is 2. The fourth-order valence-corrected chi connectivity index (χ4v) is 4.18. The lowest BCUT2D eigenvalue weighted by atomic mass is 9.84. The lowest BCUT2D eigenvalue weighted by molar-refractivity contribution is 0.765. The summed E-state index contributed by atoms with van der Waals surface area (Å²) in [5.74, 6) is 0. The molecule has 0 fully saturated rings. The van der Waals surface area contributed by atoms with E-state index in [4.69, 9.17) is 0 Å². The molecule has 0 amide bonds. The van der Waals surface area contributed by atoms with E-state index in [2.05, 4.69) is 65.8 Å². The second kappa shape index (κ2) is 7.82. The first-order valence-corrected chi connectivity index (χ1v) is 10.4. The highest BCUT2D eigenvalue weighted by Gasteiger charge is 2.16. The van der Waals surface area contributed by atoms with Gasteiger partial charge in [0.15, 0.2) is 0 Å². The van der Waals surface area contributed by atoms with E-state index in [1.54, 1.807) is 11.1 Å². The highest BCUT2D eigenvalue weighted by atomic mass is 14.2. The van der Waals surface area contributed by atoms with E-state index in [1.807, 2.05) is 0 Å². The first kappa shape index (κ1) is 19.0. The Morgan fingerprint density at radius 1 is 0.500 bits per heavy atom. The van der Waals surface area contributed by atoms with Crippen molar-refractivity contribution in [2.75, 3.05) is 0 Å². The second-order valence-corrected chi connectivity index (χ2v) is 8.13. The van der Waals surface area contributed by atoms with E-state index < -0.39 is 0 Å². The van der Waals surface area contributed by atoms with Crippen LogP contribution in [0.25, 0.3) is 21.5 Å².